The standard InChI is InChI=1S/C11H12ClN3O/c1-5-3-7(12)6(2)11(16)10(5)8-4-9(13)15-14-8/h3-4,16H,1-2H3,(H3,13,14,15). The summed E-state index contributed by atoms with van der Waals surface area (Å²) < 4.78 is 0. The van der Waals surface area contributed by atoms with E-state index in [2.05, 4.69) is 10.2 Å². The number of H-pyrrole nitrogens is 1. The molecule has 1 heterocycles. The predicted octanol–water partition coefficient (Wildman–Crippen LogP) is 2.63. The number of aromatic amines is 1. The van der Waals surface area contributed by atoms with Crippen LogP contribution in [0.2, 0.25) is 5.02 Å². The second kappa shape index (κ2) is 3.72. The van der Waals surface area contributed by atoms with Gasteiger partial charge in [-0.3, -0.25) is 5.10 Å². The first-order chi connectivity index (χ1) is 7.50. The maximum Gasteiger partial charge on any atom is 0.145 e. The Morgan fingerprint density at radius 1 is 1.38 bits per heavy atom. The number of anilines is 1. The Labute approximate surface area is 98.1 Å². The molecule has 0 spiro atoms. The highest BCUT2D eigenvalue weighted by Crippen LogP contribution is 2.38. The van der Waals surface area contributed by atoms with E-state index < -0.39 is 0 Å². The highest BCUT2D eigenvalue weighted by molar-refractivity contribution is 6.31. The third-order valence-corrected chi connectivity index (χ3v) is 2.95. The van der Waals surface area contributed by atoms with Crippen molar-refractivity contribution >= 4 is 17.4 Å². The van der Waals surface area contributed by atoms with Gasteiger partial charge in [0.25, 0.3) is 0 Å². The molecule has 0 aliphatic rings. The quantitative estimate of drug-likeness (QED) is 0.714. The molecular formula is C11H12ClN3O. The van der Waals surface area contributed by atoms with Crippen molar-refractivity contribution in [3.8, 4) is 17.0 Å². The van der Waals surface area contributed by atoms with E-state index in [0.29, 0.717) is 27.7 Å². The molecule has 4 nitrogen and oxygen atoms in total. The van der Waals surface area contributed by atoms with Gasteiger partial charge in [-0.1, -0.05) is 11.6 Å². The van der Waals surface area contributed by atoms with Gasteiger partial charge in [0.1, 0.15) is 11.6 Å². The zero-order chi connectivity index (χ0) is 11.9. The lowest BCUT2D eigenvalue weighted by Crippen LogP contribution is -1.89. The smallest absolute Gasteiger partial charge is 0.145 e. The molecule has 0 aliphatic carbocycles. The number of aromatic nitrogens is 2. The van der Waals surface area contributed by atoms with Gasteiger partial charge in [-0.15, -0.1) is 0 Å². The Balaban J connectivity index is 2.70. The van der Waals surface area contributed by atoms with Crippen molar-refractivity contribution in [2.24, 2.45) is 0 Å². The minimum Gasteiger partial charge on any atom is -0.507 e. The molecule has 4 N–H and O–H groups in total. The van der Waals surface area contributed by atoms with E-state index in [1.807, 2.05) is 13.0 Å². The number of hydrogen-bond donors (Lipinski definition) is 3. The molecule has 1 aromatic carbocycles. The monoisotopic (exact) mass is 237 g/mol. The lowest BCUT2D eigenvalue weighted by Gasteiger charge is -2.10. The van der Waals surface area contributed by atoms with Gasteiger partial charge in [0.05, 0.1) is 5.69 Å². The summed E-state index contributed by atoms with van der Waals surface area (Å²) in [5, 5.41) is 17.2. The molecular weight excluding hydrogens is 226 g/mol. The van der Waals surface area contributed by atoms with Crippen molar-refractivity contribution < 1.29 is 5.11 Å². The molecule has 1 aromatic heterocycles. The summed E-state index contributed by atoms with van der Waals surface area (Å²) in [5.41, 5.74) is 8.43. The average molecular weight is 238 g/mol. The van der Waals surface area contributed by atoms with E-state index in [9.17, 15) is 5.11 Å². The molecule has 0 radical (unpaired) electrons. The summed E-state index contributed by atoms with van der Waals surface area (Å²) in [5.74, 6) is 0.551. The number of nitrogens with zero attached hydrogens (tertiary/aromatic N) is 1. The summed E-state index contributed by atoms with van der Waals surface area (Å²) >= 11 is 5.97. The van der Waals surface area contributed by atoms with E-state index >= 15 is 0 Å². The highest BCUT2D eigenvalue weighted by atomic mass is 35.5. The van der Waals surface area contributed by atoms with E-state index in [-0.39, 0.29) is 5.75 Å². The molecule has 0 unspecified atom stereocenters. The van der Waals surface area contributed by atoms with E-state index in [4.69, 9.17) is 17.3 Å². The fraction of sp³-hybridized carbons (Fsp3) is 0.182. The molecule has 0 fully saturated rings. The SMILES string of the molecule is Cc1cc(Cl)c(C)c(O)c1-c1cc(N)n[nH]1. The number of phenols is 1. The van der Waals surface area contributed by atoms with E-state index in [0.717, 1.165) is 5.56 Å². The van der Waals surface area contributed by atoms with Gasteiger partial charge >= 0.3 is 0 Å². The lowest BCUT2D eigenvalue weighted by atomic mass is 10.0. The number of aryl methyl sites for hydroxylation is 1. The Morgan fingerprint density at radius 3 is 2.62 bits per heavy atom. The number of aromatic hydroxyl groups is 1. The first kappa shape index (κ1) is 10.8. The molecule has 2 rings (SSSR count). The van der Waals surface area contributed by atoms with Gasteiger partial charge in [-0.25, -0.2) is 0 Å². The minimum absolute atomic E-state index is 0.161. The number of halogens is 1. The largest absolute Gasteiger partial charge is 0.507 e. The maximum absolute atomic E-state index is 10.0. The van der Waals surface area contributed by atoms with Gasteiger partial charge in [0.15, 0.2) is 0 Å². The van der Waals surface area contributed by atoms with Crippen LogP contribution in [0.1, 0.15) is 11.1 Å². The third kappa shape index (κ3) is 1.61. The molecule has 0 amide bonds. The molecule has 0 bridgehead atoms. The second-order valence-electron chi connectivity index (χ2n) is 3.73. The van der Waals surface area contributed by atoms with Crippen LogP contribution >= 0.6 is 11.6 Å². The Kier molecular flexibility index (Phi) is 2.52. The molecule has 0 saturated heterocycles. The molecule has 84 valence electrons. The first-order valence-electron chi connectivity index (χ1n) is 4.80. The van der Waals surface area contributed by atoms with Crippen LogP contribution in [0.3, 0.4) is 0 Å². The van der Waals surface area contributed by atoms with Crippen LogP contribution in [-0.4, -0.2) is 15.3 Å². The number of nitrogens with two attached hydrogens (primary N) is 1. The Bertz CT molecular complexity index is 548. The topological polar surface area (TPSA) is 74.9 Å². The molecule has 16 heavy (non-hydrogen) atoms. The van der Waals surface area contributed by atoms with Crippen molar-refractivity contribution in [2.75, 3.05) is 5.73 Å². The molecule has 0 aliphatic heterocycles. The third-order valence-electron chi connectivity index (χ3n) is 2.55. The van der Waals surface area contributed by atoms with Gasteiger partial charge in [0, 0.05) is 22.2 Å². The van der Waals surface area contributed by atoms with Crippen LogP contribution in [0.15, 0.2) is 12.1 Å². The van der Waals surface area contributed by atoms with Crippen LogP contribution in [0, 0.1) is 13.8 Å². The second-order valence-corrected chi connectivity index (χ2v) is 4.14. The number of nitrogens with one attached hydrogen (secondary N) is 1. The fourth-order valence-corrected chi connectivity index (χ4v) is 1.92. The minimum atomic E-state index is 0.161. The number of hydrogen-bond acceptors (Lipinski definition) is 3. The first-order valence-corrected chi connectivity index (χ1v) is 5.18. The Morgan fingerprint density at radius 2 is 2.06 bits per heavy atom. The number of rotatable bonds is 1. The van der Waals surface area contributed by atoms with Crippen LogP contribution < -0.4 is 5.73 Å². The van der Waals surface area contributed by atoms with E-state index in [1.54, 1.807) is 13.0 Å². The number of phenolic OH excluding ortho intramolecular Hbond substituents is 1. The van der Waals surface area contributed by atoms with Crippen LogP contribution in [0.4, 0.5) is 5.82 Å². The summed E-state index contributed by atoms with van der Waals surface area (Å²) in [6.07, 6.45) is 0. The number of benzene rings is 1. The van der Waals surface area contributed by atoms with Gasteiger partial charge < -0.3 is 10.8 Å². The Hall–Kier alpha value is -1.68. The van der Waals surface area contributed by atoms with Gasteiger partial charge in [0.2, 0.25) is 0 Å². The van der Waals surface area contributed by atoms with Crippen LogP contribution in [0.5, 0.6) is 5.75 Å². The van der Waals surface area contributed by atoms with E-state index in [1.165, 1.54) is 0 Å². The van der Waals surface area contributed by atoms with Crippen molar-refractivity contribution in [3.63, 3.8) is 0 Å². The summed E-state index contributed by atoms with van der Waals surface area (Å²) in [6.45, 7) is 3.64. The van der Waals surface area contributed by atoms with Crippen molar-refractivity contribution in [1.82, 2.24) is 10.2 Å². The average Bonchev–Trinajstić information content (AvgIpc) is 2.61. The van der Waals surface area contributed by atoms with Crippen LogP contribution in [0.25, 0.3) is 11.3 Å². The fourth-order valence-electron chi connectivity index (χ4n) is 1.66. The normalized spacial score (nSPS) is 10.7. The molecule has 5 heteroatoms. The van der Waals surface area contributed by atoms with Crippen molar-refractivity contribution in [3.05, 3.63) is 28.3 Å². The summed E-state index contributed by atoms with van der Waals surface area (Å²) in [6, 6.07) is 3.48. The predicted molar refractivity (Wildman–Crippen MR) is 64.6 cm³/mol. The maximum atomic E-state index is 10.0. The zero-order valence-electron chi connectivity index (χ0n) is 9.00. The molecule has 0 saturated carbocycles. The summed E-state index contributed by atoms with van der Waals surface area (Å²) in [7, 11) is 0. The number of nitrogen functional groups attached to an aromatic ring is 1. The highest BCUT2D eigenvalue weighted by Gasteiger charge is 2.14. The molecule has 2 aromatic rings. The zero-order valence-corrected chi connectivity index (χ0v) is 9.76. The summed E-state index contributed by atoms with van der Waals surface area (Å²) in [4.78, 5) is 0. The van der Waals surface area contributed by atoms with Gasteiger partial charge in [-0.05, 0) is 25.5 Å². The molecule has 0 atom stereocenters. The van der Waals surface area contributed by atoms with Crippen molar-refractivity contribution in [1.29, 1.82) is 0 Å². The van der Waals surface area contributed by atoms with Crippen molar-refractivity contribution in [2.45, 2.75) is 13.8 Å². The van der Waals surface area contributed by atoms with Gasteiger partial charge in [-0.2, -0.15) is 5.10 Å². The van der Waals surface area contributed by atoms with Crippen LogP contribution in [-0.2, 0) is 0 Å². The lowest BCUT2D eigenvalue weighted by molar-refractivity contribution is 0.472.